The first kappa shape index (κ1) is 19.0. The second-order valence-corrected chi connectivity index (χ2v) is 7.43. The van der Waals surface area contributed by atoms with Crippen LogP contribution in [0, 0.1) is 6.92 Å². The van der Waals surface area contributed by atoms with Crippen LogP contribution in [0.1, 0.15) is 16.1 Å². The molecule has 0 atom stereocenters. The number of piperazine rings is 1. The van der Waals surface area contributed by atoms with Crippen molar-refractivity contribution in [1.82, 2.24) is 14.9 Å². The minimum absolute atomic E-state index is 0.0156. The lowest BCUT2D eigenvalue weighted by Gasteiger charge is -2.36. The summed E-state index contributed by atoms with van der Waals surface area (Å²) in [5.74, 6) is 1.66. The van der Waals surface area contributed by atoms with Crippen molar-refractivity contribution >= 4 is 29.3 Å². The van der Waals surface area contributed by atoms with Crippen molar-refractivity contribution in [3.05, 3.63) is 46.6 Å². The summed E-state index contributed by atoms with van der Waals surface area (Å²) in [6, 6.07) is 9.21. The van der Waals surface area contributed by atoms with Crippen molar-refractivity contribution < 1.29 is 9.53 Å². The van der Waals surface area contributed by atoms with Crippen molar-refractivity contribution in [2.75, 3.05) is 62.3 Å². The zero-order chi connectivity index (χ0) is 19.5. The fourth-order valence-electron chi connectivity index (χ4n) is 3.55. The van der Waals surface area contributed by atoms with Crippen LogP contribution in [0.25, 0.3) is 0 Å². The van der Waals surface area contributed by atoms with Gasteiger partial charge in [-0.25, -0.2) is 4.98 Å². The summed E-state index contributed by atoms with van der Waals surface area (Å²) in [5.41, 5.74) is 1.51. The van der Waals surface area contributed by atoms with Crippen molar-refractivity contribution in [3.8, 4) is 0 Å². The van der Waals surface area contributed by atoms with E-state index in [4.69, 9.17) is 21.3 Å². The molecule has 0 unspecified atom stereocenters. The van der Waals surface area contributed by atoms with Crippen molar-refractivity contribution in [2.24, 2.45) is 0 Å². The molecule has 2 aromatic rings. The second kappa shape index (κ2) is 8.32. The van der Waals surface area contributed by atoms with Gasteiger partial charge in [0.15, 0.2) is 0 Å². The Morgan fingerprint density at radius 1 is 1.00 bits per heavy atom. The number of hydrogen-bond acceptors (Lipinski definition) is 6. The van der Waals surface area contributed by atoms with E-state index in [-0.39, 0.29) is 5.91 Å². The van der Waals surface area contributed by atoms with E-state index in [0.717, 1.165) is 43.6 Å². The Hall–Kier alpha value is -2.38. The summed E-state index contributed by atoms with van der Waals surface area (Å²) in [5, 5.41) is 0.497. The Morgan fingerprint density at radius 3 is 2.43 bits per heavy atom. The number of ether oxygens (including phenoxy) is 1. The molecule has 1 aromatic carbocycles. The highest BCUT2D eigenvalue weighted by Crippen LogP contribution is 2.22. The van der Waals surface area contributed by atoms with E-state index in [0.29, 0.717) is 36.9 Å². The first-order chi connectivity index (χ1) is 13.6. The molecule has 28 heavy (non-hydrogen) atoms. The van der Waals surface area contributed by atoms with Crippen molar-refractivity contribution in [2.45, 2.75) is 6.92 Å². The summed E-state index contributed by atoms with van der Waals surface area (Å²) in [6.45, 7) is 7.76. The van der Waals surface area contributed by atoms with Gasteiger partial charge in [0.25, 0.3) is 5.91 Å². The van der Waals surface area contributed by atoms with Gasteiger partial charge in [0.1, 0.15) is 5.82 Å². The topological polar surface area (TPSA) is 61.8 Å². The molecular weight excluding hydrogens is 378 g/mol. The molecule has 0 radical (unpaired) electrons. The zero-order valence-corrected chi connectivity index (χ0v) is 16.7. The zero-order valence-electron chi connectivity index (χ0n) is 16.0. The number of morpholine rings is 1. The standard InChI is InChI=1S/C20H24ClN5O2/c1-15-14-18(23-20(22-15)26-10-12-28-13-11-26)24-6-8-25(9-7-24)19(27)16-4-2-3-5-17(16)21/h2-5,14H,6-13H2,1H3. The number of carbonyl (C=O) groups excluding carboxylic acids is 1. The van der Waals surface area contributed by atoms with Gasteiger partial charge in [0, 0.05) is 51.0 Å². The summed E-state index contributed by atoms with van der Waals surface area (Å²) in [6.07, 6.45) is 0. The molecule has 0 bridgehead atoms. The SMILES string of the molecule is Cc1cc(N2CCN(C(=O)c3ccccc3Cl)CC2)nc(N2CCOCC2)n1. The maximum atomic E-state index is 12.8. The van der Waals surface area contributed by atoms with E-state index in [9.17, 15) is 4.79 Å². The van der Waals surface area contributed by atoms with Gasteiger partial charge in [-0.1, -0.05) is 23.7 Å². The van der Waals surface area contributed by atoms with E-state index >= 15 is 0 Å². The molecule has 0 saturated carbocycles. The molecule has 1 aromatic heterocycles. The van der Waals surface area contributed by atoms with Crippen LogP contribution in [0.5, 0.6) is 0 Å². The van der Waals surface area contributed by atoms with Crippen LogP contribution in [-0.2, 0) is 4.74 Å². The third-order valence-corrected chi connectivity index (χ3v) is 5.45. The third kappa shape index (κ3) is 4.05. The Kier molecular flexibility index (Phi) is 5.64. The van der Waals surface area contributed by atoms with Crippen LogP contribution in [-0.4, -0.2) is 73.3 Å². The number of aryl methyl sites for hydroxylation is 1. The Morgan fingerprint density at radius 2 is 1.71 bits per heavy atom. The van der Waals surface area contributed by atoms with Crippen LogP contribution in [0.4, 0.5) is 11.8 Å². The van der Waals surface area contributed by atoms with Crippen LogP contribution in [0.15, 0.2) is 30.3 Å². The monoisotopic (exact) mass is 401 g/mol. The minimum Gasteiger partial charge on any atom is -0.378 e. The predicted octanol–water partition coefficient (Wildman–Crippen LogP) is 2.24. The largest absolute Gasteiger partial charge is 0.378 e. The first-order valence-corrected chi connectivity index (χ1v) is 9.97. The number of anilines is 2. The summed E-state index contributed by atoms with van der Waals surface area (Å²) < 4.78 is 5.42. The number of hydrogen-bond donors (Lipinski definition) is 0. The van der Waals surface area contributed by atoms with Gasteiger partial charge < -0.3 is 19.4 Å². The molecule has 0 aliphatic carbocycles. The quantitative estimate of drug-likeness (QED) is 0.786. The van der Waals surface area contributed by atoms with Crippen LogP contribution in [0.2, 0.25) is 5.02 Å². The molecule has 2 fully saturated rings. The molecule has 1 amide bonds. The van der Waals surface area contributed by atoms with Crippen molar-refractivity contribution in [1.29, 1.82) is 0 Å². The van der Waals surface area contributed by atoms with E-state index in [1.807, 2.05) is 30.0 Å². The summed E-state index contributed by atoms with van der Waals surface area (Å²) in [7, 11) is 0. The molecular formula is C20H24ClN5O2. The molecule has 2 aliphatic heterocycles. The number of halogens is 1. The molecule has 4 rings (SSSR count). The minimum atomic E-state index is -0.0156. The fraction of sp³-hybridized carbons (Fsp3) is 0.450. The molecule has 2 aliphatic rings. The van der Waals surface area contributed by atoms with Crippen LogP contribution < -0.4 is 9.80 Å². The first-order valence-electron chi connectivity index (χ1n) is 9.59. The maximum Gasteiger partial charge on any atom is 0.255 e. The molecule has 3 heterocycles. The number of nitrogens with zero attached hydrogens (tertiary/aromatic N) is 5. The number of amides is 1. The van der Waals surface area contributed by atoms with E-state index in [1.165, 1.54) is 0 Å². The lowest BCUT2D eigenvalue weighted by molar-refractivity contribution is 0.0746. The van der Waals surface area contributed by atoms with Gasteiger partial charge in [-0.3, -0.25) is 4.79 Å². The molecule has 8 heteroatoms. The third-order valence-electron chi connectivity index (χ3n) is 5.12. The highest BCUT2D eigenvalue weighted by atomic mass is 35.5. The number of carbonyl (C=O) groups is 1. The van der Waals surface area contributed by atoms with Gasteiger partial charge in [-0.05, 0) is 19.1 Å². The van der Waals surface area contributed by atoms with E-state index < -0.39 is 0 Å². The fourth-order valence-corrected chi connectivity index (χ4v) is 3.76. The highest BCUT2D eigenvalue weighted by Gasteiger charge is 2.25. The normalized spacial score (nSPS) is 17.7. The van der Waals surface area contributed by atoms with E-state index in [1.54, 1.807) is 12.1 Å². The molecule has 0 N–H and O–H groups in total. The summed E-state index contributed by atoms with van der Waals surface area (Å²) in [4.78, 5) is 28.4. The lowest BCUT2D eigenvalue weighted by Crippen LogP contribution is -2.49. The van der Waals surface area contributed by atoms with Crippen LogP contribution >= 0.6 is 11.6 Å². The maximum absolute atomic E-state index is 12.8. The summed E-state index contributed by atoms with van der Waals surface area (Å²) >= 11 is 6.18. The van der Waals surface area contributed by atoms with Gasteiger partial charge in [0.2, 0.25) is 5.95 Å². The number of benzene rings is 1. The van der Waals surface area contributed by atoms with Gasteiger partial charge in [-0.2, -0.15) is 4.98 Å². The highest BCUT2D eigenvalue weighted by molar-refractivity contribution is 6.33. The molecule has 7 nitrogen and oxygen atoms in total. The van der Waals surface area contributed by atoms with Gasteiger partial charge >= 0.3 is 0 Å². The Labute approximate surface area is 169 Å². The average Bonchev–Trinajstić information content (AvgIpc) is 2.74. The van der Waals surface area contributed by atoms with Gasteiger partial charge in [0.05, 0.1) is 23.8 Å². The smallest absolute Gasteiger partial charge is 0.255 e. The van der Waals surface area contributed by atoms with Crippen LogP contribution in [0.3, 0.4) is 0 Å². The average molecular weight is 402 g/mol. The number of aromatic nitrogens is 2. The van der Waals surface area contributed by atoms with E-state index in [2.05, 4.69) is 14.8 Å². The number of rotatable bonds is 3. The van der Waals surface area contributed by atoms with Gasteiger partial charge in [-0.15, -0.1) is 0 Å². The second-order valence-electron chi connectivity index (χ2n) is 7.03. The molecule has 0 spiro atoms. The van der Waals surface area contributed by atoms with Crippen molar-refractivity contribution in [3.63, 3.8) is 0 Å². The molecule has 2 saturated heterocycles. The Balaban J connectivity index is 1.44. The Bertz CT molecular complexity index is 848. The lowest BCUT2D eigenvalue weighted by atomic mass is 10.2. The predicted molar refractivity (Wildman–Crippen MR) is 109 cm³/mol. The molecule has 148 valence electrons.